The van der Waals surface area contributed by atoms with E-state index in [2.05, 4.69) is 91.8 Å². The Balaban J connectivity index is 1.21. The van der Waals surface area contributed by atoms with Crippen molar-refractivity contribution in [1.82, 2.24) is 10.2 Å². The lowest BCUT2D eigenvalue weighted by atomic mass is 9.89. The van der Waals surface area contributed by atoms with Gasteiger partial charge in [-0.3, -0.25) is 14.5 Å². The van der Waals surface area contributed by atoms with E-state index in [0.29, 0.717) is 19.5 Å². The lowest BCUT2D eigenvalue weighted by Gasteiger charge is -2.43. The molecule has 0 bridgehead atoms. The Morgan fingerprint density at radius 1 is 0.788 bits per heavy atom. The minimum atomic E-state index is -0.900. The number of hydrogen-bond donors (Lipinski definition) is 3. The predicted molar refractivity (Wildman–Crippen MR) is 203 cm³/mol. The third-order valence-electron chi connectivity index (χ3n) is 10.2. The molecular weight excluding hydrogens is 652 g/mol. The first kappa shape index (κ1) is 36.9. The molecule has 0 saturated carbocycles. The van der Waals surface area contributed by atoms with Crippen molar-refractivity contribution in [1.29, 1.82) is 0 Å². The van der Waals surface area contributed by atoms with Crippen LogP contribution in [0.25, 0.3) is 21.9 Å². The lowest BCUT2D eigenvalue weighted by Crippen LogP contribution is -2.44. The van der Waals surface area contributed by atoms with Gasteiger partial charge in [-0.15, -0.1) is 0 Å². The number of aliphatic carboxylic acids is 1. The standard InChI is InChI=1S/C44H48N2O6/c1-29-40(27-46(3)30(2)35-22-21-33-10-4-5-11-37(33)24-35)51-44(52-43(29)34-19-17-31(28-47)18-20-34)39-14-7-13-38(25-39)36-12-6-9-32(23-36)26-45-41(48)15-8-16-42(49)50/h4-7,9-14,17-25,29-30,40,43-44,47H,8,15-16,26-28H2,1-3H3,(H,45,48)(H,49,50). The molecule has 8 heteroatoms. The van der Waals surface area contributed by atoms with Crippen LogP contribution < -0.4 is 5.32 Å². The largest absolute Gasteiger partial charge is 0.481 e. The number of carbonyl (C=O) groups is 2. The summed E-state index contributed by atoms with van der Waals surface area (Å²) >= 11 is 0. The summed E-state index contributed by atoms with van der Waals surface area (Å²) in [5.41, 5.74) is 7.01. The van der Waals surface area contributed by atoms with Crippen LogP contribution in [-0.4, -0.2) is 46.7 Å². The molecule has 1 aliphatic heterocycles. The first-order valence-electron chi connectivity index (χ1n) is 18.1. The van der Waals surface area contributed by atoms with E-state index in [1.54, 1.807) is 0 Å². The Bertz CT molecular complexity index is 1980. The molecule has 5 aromatic rings. The maximum absolute atomic E-state index is 12.3. The molecule has 5 atom stereocenters. The minimum Gasteiger partial charge on any atom is -0.481 e. The molecule has 1 saturated heterocycles. The average molecular weight is 701 g/mol. The highest BCUT2D eigenvalue weighted by molar-refractivity contribution is 5.83. The average Bonchev–Trinajstić information content (AvgIpc) is 3.17. The van der Waals surface area contributed by atoms with E-state index in [-0.39, 0.29) is 49.5 Å². The summed E-state index contributed by atoms with van der Waals surface area (Å²) in [6.45, 7) is 5.46. The summed E-state index contributed by atoms with van der Waals surface area (Å²) in [7, 11) is 2.15. The fraction of sp³-hybridized carbons (Fsp3) is 0.318. The van der Waals surface area contributed by atoms with E-state index < -0.39 is 12.3 Å². The Kier molecular flexibility index (Phi) is 12.1. The molecule has 0 radical (unpaired) electrons. The van der Waals surface area contributed by atoms with Crippen molar-refractivity contribution in [3.8, 4) is 11.1 Å². The summed E-state index contributed by atoms with van der Waals surface area (Å²) in [5.74, 6) is -1.02. The molecule has 0 aromatic heterocycles. The van der Waals surface area contributed by atoms with Gasteiger partial charge in [-0.1, -0.05) is 104 Å². The van der Waals surface area contributed by atoms with Gasteiger partial charge >= 0.3 is 5.97 Å². The molecule has 3 N–H and O–H groups in total. The highest BCUT2D eigenvalue weighted by atomic mass is 16.7. The fourth-order valence-electron chi connectivity index (χ4n) is 6.91. The molecule has 52 heavy (non-hydrogen) atoms. The van der Waals surface area contributed by atoms with Gasteiger partial charge in [0.05, 0.1) is 18.8 Å². The highest BCUT2D eigenvalue weighted by Crippen LogP contribution is 2.43. The van der Waals surface area contributed by atoms with Crippen molar-refractivity contribution in [2.24, 2.45) is 5.92 Å². The molecule has 0 aliphatic carbocycles. The van der Waals surface area contributed by atoms with Gasteiger partial charge in [0.1, 0.15) is 0 Å². The van der Waals surface area contributed by atoms with E-state index in [0.717, 1.165) is 33.4 Å². The Labute approximate surface area is 306 Å². The quantitative estimate of drug-likeness (QED) is 0.107. The maximum atomic E-state index is 12.3. The molecule has 1 fully saturated rings. The zero-order valence-electron chi connectivity index (χ0n) is 30.1. The van der Waals surface area contributed by atoms with Crippen molar-refractivity contribution in [3.05, 3.63) is 143 Å². The molecule has 270 valence electrons. The van der Waals surface area contributed by atoms with Crippen LogP contribution >= 0.6 is 0 Å². The Morgan fingerprint density at radius 3 is 2.27 bits per heavy atom. The first-order valence-corrected chi connectivity index (χ1v) is 18.1. The van der Waals surface area contributed by atoms with Gasteiger partial charge in [-0.05, 0) is 82.7 Å². The van der Waals surface area contributed by atoms with Crippen molar-refractivity contribution in [3.63, 3.8) is 0 Å². The molecule has 1 aliphatic rings. The van der Waals surface area contributed by atoms with Crippen LogP contribution in [-0.2, 0) is 32.2 Å². The maximum Gasteiger partial charge on any atom is 0.303 e. The van der Waals surface area contributed by atoms with E-state index in [4.69, 9.17) is 14.6 Å². The lowest BCUT2D eigenvalue weighted by molar-refractivity contribution is -0.276. The number of likely N-dealkylation sites (N-methyl/N-ethyl adjacent to an activating group) is 1. The third kappa shape index (κ3) is 9.13. The molecule has 8 nitrogen and oxygen atoms in total. The number of aliphatic hydroxyl groups excluding tert-OH is 1. The number of nitrogens with one attached hydrogen (secondary N) is 1. The summed E-state index contributed by atoms with van der Waals surface area (Å²) in [5, 5.41) is 23.9. The van der Waals surface area contributed by atoms with Crippen LogP contribution in [0.5, 0.6) is 0 Å². The van der Waals surface area contributed by atoms with Crippen LogP contribution in [0.2, 0.25) is 0 Å². The third-order valence-corrected chi connectivity index (χ3v) is 10.2. The van der Waals surface area contributed by atoms with Crippen molar-refractivity contribution in [2.75, 3.05) is 13.6 Å². The summed E-state index contributed by atoms with van der Waals surface area (Å²) in [4.78, 5) is 25.4. The first-order chi connectivity index (χ1) is 25.2. The van der Waals surface area contributed by atoms with Gasteiger partial charge in [0.25, 0.3) is 0 Å². The zero-order valence-corrected chi connectivity index (χ0v) is 30.1. The number of amides is 1. The zero-order chi connectivity index (χ0) is 36.6. The smallest absolute Gasteiger partial charge is 0.303 e. The monoisotopic (exact) mass is 700 g/mol. The highest BCUT2D eigenvalue weighted by Gasteiger charge is 2.39. The summed E-state index contributed by atoms with van der Waals surface area (Å²) < 4.78 is 13.6. The SMILES string of the molecule is CC1C(CN(C)C(C)c2ccc3ccccc3c2)OC(c2cccc(-c3cccc(CNC(=O)CCCC(=O)O)c3)c2)OC1c1ccc(CO)cc1. The number of carboxylic acid groups (broad SMARTS) is 1. The number of fused-ring (bicyclic) bond motifs is 1. The van der Waals surface area contributed by atoms with Crippen LogP contribution in [0.3, 0.4) is 0 Å². The van der Waals surface area contributed by atoms with Gasteiger partial charge < -0.3 is 25.0 Å². The second kappa shape index (κ2) is 17.1. The van der Waals surface area contributed by atoms with Crippen molar-refractivity contribution < 1.29 is 29.3 Å². The van der Waals surface area contributed by atoms with E-state index in [9.17, 15) is 14.7 Å². The number of hydrogen-bond acceptors (Lipinski definition) is 6. The van der Waals surface area contributed by atoms with Gasteiger partial charge in [-0.2, -0.15) is 0 Å². The fourth-order valence-corrected chi connectivity index (χ4v) is 6.91. The number of carboxylic acids is 1. The van der Waals surface area contributed by atoms with Gasteiger partial charge in [0, 0.05) is 43.5 Å². The summed E-state index contributed by atoms with van der Waals surface area (Å²) in [6, 6.07) is 39.5. The number of rotatable bonds is 14. The number of carbonyl (C=O) groups excluding carboxylic acids is 1. The van der Waals surface area contributed by atoms with Crippen LogP contribution in [0.4, 0.5) is 0 Å². The number of nitrogens with zero attached hydrogens (tertiary/aromatic N) is 1. The molecular formula is C44H48N2O6. The number of ether oxygens (including phenoxy) is 2. The van der Waals surface area contributed by atoms with Gasteiger partial charge in [0.2, 0.25) is 5.91 Å². The van der Waals surface area contributed by atoms with Gasteiger partial charge in [0.15, 0.2) is 6.29 Å². The summed E-state index contributed by atoms with van der Waals surface area (Å²) in [6.07, 6.45) is -0.507. The Hall–Kier alpha value is -4.86. The predicted octanol–water partition coefficient (Wildman–Crippen LogP) is 8.35. The Morgan fingerprint density at radius 2 is 1.52 bits per heavy atom. The molecule has 1 amide bonds. The van der Waals surface area contributed by atoms with E-state index in [1.165, 1.54) is 16.3 Å². The van der Waals surface area contributed by atoms with E-state index >= 15 is 0 Å². The number of benzene rings is 5. The number of aliphatic hydroxyl groups is 1. The van der Waals surface area contributed by atoms with Crippen molar-refractivity contribution >= 4 is 22.6 Å². The normalized spacial score (nSPS) is 19.4. The molecule has 6 rings (SSSR count). The van der Waals surface area contributed by atoms with Crippen LogP contribution in [0.15, 0.2) is 115 Å². The van der Waals surface area contributed by atoms with Crippen LogP contribution in [0.1, 0.15) is 79.4 Å². The molecule has 5 aromatic carbocycles. The molecule has 0 spiro atoms. The second-order valence-corrected chi connectivity index (χ2v) is 13.9. The van der Waals surface area contributed by atoms with Gasteiger partial charge in [-0.25, -0.2) is 0 Å². The topological polar surface area (TPSA) is 108 Å². The second-order valence-electron chi connectivity index (χ2n) is 13.9. The molecule has 5 unspecified atom stereocenters. The van der Waals surface area contributed by atoms with E-state index in [1.807, 2.05) is 54.6 Å². The minimum absolute atomic E-state index is 0.0136. The van der Waals surface area contributed by atoms with Crippen molar-refractivity contribution in [2.45, 2.75) is 70.8 Å². The molecule has 1 heterocycles. The van der Waals surface area contributed by atoms with Crippen LogP contribution in [0, 0.1) is 5.92 Å².